The number of fused-ring (bicyclic) bond motifs is 5. The van der Waals surface area contributed by atoms with Gasteiger partial charge in [-0.25, -0.2) is 4.79 Å². The average Bonchev–Trinajstić information content (AvgIpc) is 3.47. The van der Waals surface area contributed by atoms with Gasteiger partial charge in [0.25, 0.3) is 5.91 Å². The summed E-state index contributed by atoms with van der Waals surface area (Å²) in [5.74, 6) is -1.02. The molecule has 3 aliphatic rings. The first-order valence-corrected chi connectivity index (χ1v) is 10.9. The quantitative estimate of drug-likeness (QED) is 0.578. The molecule has 1 heterocycles. The average molecular weight is 432 g/mol. The van der Waals surface area contributed by atoms with Gasteiger partial charge in [0.1, 0.15) is 0 Å². The number of aryl methyl sites for hydroxylation is 1. The molecule has 1 saturated heterocycles. The highest BCUT2D eigenvalue weighted by Gasteiger charge is 2.61. The van der Waals surface area contributed by atoms with Crippen molar-refractivity contribution < 1.29 is 23.9 Å². The summed E-state index contributed by atoms with van der Waals surface area (Å²) < 4.78 is 5.11. The molecule has 0 radical (unpaired) electrons. The zero-order chi connectivity index (χ0) is 22.4. The number of esters is 1. The van der Waals surface area contributed by atoms with Crippen molar-refractivity contribution in [3.05, 3.63) is 59.7 Å². The van der Waals surface area contributed by atoms with Gasteiger partial charge in [-0.2, -0.15) is 0 Å². The molecule has 3 fully saturated rings. The van der Waals surface area contributed by atoms with Crippen molar-refractivity contribution in [2.24, 2.45) is 23.7 Å². The number of imide groups is 1. The molecule has 7 nitrogen and oxygen atoms in total. The summed E-state index contributed by atoms with van der Waals surface area (Å²) in [5.41, 5.74) is 2.29. The third kappa shape index (κ3) is 3.38. The number of hydrogen-bond donors (Lipinski definition) is 1. The molecule has 2 aliphatic carbocycles. The molecule has 1 N–H and O–H groups in total. The van der Waals surface area contributed by atoms with Crippen LogP contribution in [0.25, 0.3) is 0 Å². The van der Waals surface area contributed by atoms with Crippen LogP contribution in [0.1, 0.15) is 35.2 Å². The summed E-state index contributed by atoms with van der Waals surface area (Å²) in [7, 11) is 0. The second kappa shape index (κ2) is 7.89. The number of carbonyl (C=O) groups excluding carboxylic acids is 4. The van der Waals surface area contributed by atoms with Crippen molar-refractivity contribution in [1.82, 2.24) is 0 Å². The molecule has 2 aromatic carbocycles. The van der Waals surface area contributed by atoms with E-state index in [0.29, 0.717) is 23.2 Å². The number of amides is 3. The highest BCUT2D eigenvalue weighted by molar-refractivity contribution is 6.22. The Balaban J connectivity index is 1.21. The Labute approximate surface area is 185 Å². The van der Waals surface area contributed by atoms with Gasteiger partial charge >= 0.3 is 5.97 Å². The van der Waals surface area contributed by atoms with Crippen molar-refractivity contribution in [3.8, 4) is 0 Å². The lowest BCUT2D eigenvalue weighted by Crippen LogP contribution is -2.32. The van der Waals surface area contributed by atoms with Gasteiger partial charge in [-0.15, -0.1) is 0 Å². The Morgan fingerprint density at radius 1 is 0.969 bits per heavy atom. The first kappa shape index (κ1) is 20.4. The Bertz CT molecular complexity index is 1080. The van der Waals surface area contributed by atoms with Crippen molar-refractivity contribution >= 4 is 35.1 Å². The molecule has 4 atom stereocenters. The molecule has 7 heteroatoms. The summed E-state index contributed by atoms with van der Waals surface area (Å²) in [6, 6.07) is 13.5. The molecule has 32 heavy (non-hydrogen) atoms. The maximum Gasteiger partial charge on any atom is 0.338 e. The zero-order valence-corrected chi connectivity index (χ0v) is 17.7. The molecule has 0 unspecified atom stereocenters. The van der Waals surface area contributed by atoms with Crippen LogP contribution in [0.15, 0.2) is 48.5 Å². The van der Waals surface area contributed by atoms with Gasteiger partial charge in [0, 0.05) is 5.69 Å². The predicted molar refractivity (Wildman–Crippen MR) is 117 cm³/mol. The molecular formula is C25H24N2O5. The third-order valence-electron chi connectivity index (χ3n) is 7.04. The molecule has 2 aromatic rings. The lowest BCUT2D eigenvalue weighted by molar-refractivity contribution is -0.123. The highest BCUT2D eigenvalue weighted by Crippen LogP contribution is 2.56. The number of anilines is 2. The molecule has 5 rings (SSSR count). The Morgan fingerprint density at radius 3 is 2.22 bits per heavy atom. The van der Waals surface area contributed by atoms with Crippen molar-refractivity contribution in [2.75, 3.05) is 16.8 Å². The minimum absolute atomic E-state index is 0.115. The van der Waals surface area contributed by atoms with Crippen LogP contribution >= 0.6 is 0 Å². The van der Waals surface area contributed by atoms with Gasteiger partial charge in [0.2, 0.25) is 11.8 Å². The van der Waals surface area contributed by atoms with Crippen LogP contribution in [0.3, 0.4) is 0 Å². The molecule has 0 aromatic heterocycles. The van der Waals surface area contributed by atoms with Crippen molar-refractivity contribution in [1.29, 1.82) is 0 Å². The van der Waals surface area contributed by atoms with Gasteiger partial charge in [0.05, 0.1) is 23.1 Å². The lowest BCUT2D eigenvalue weighted by atomic mass is 9.81. The monoisotopic (exact) mass is 432 g/mol. The van der Waals surface area contributed by atoms with Crippen LogP contribution in [0, 0.1) is 30.6 Å². The highest BCUT2D eigenvalue weighted by atomic mass is 16.5. The van der Waals surface area contributed by atoms with E-state index in [0.717, 1.165) is 24.8 Å². The second-order valence-corrected chi connectivity index (χ2v) is 8.88. The van der Waals surface area contributed by atoms with E-state index in [1.807, 2.05) is 25.1 Å². The summed E-state index contributed by atoms with van der Waals surface area (Å²) in [6.45, 7) is 1.46. The fourth-order valence-corrected chi connectivity index (χ4v) is 5.52. The molecular weight excluding hydrogens is 408 g/mol. The van der Waals surface area contributed by atoms with E-state index >= 15 is 0 Å². The first-order chi connectivity index (χ1) is 15.4. The fraction of sp³-hybridized carbons (Fsp3) is 0.360. The molecule has 0 spiro atoms. The van der Waals surface area contributed by atoms with Gasteiger partial charge in [-0.3, -0.25) is 19.3 Å². The van der Waals surface area contributed by atoms with Crippen LogP contribution in [0.2, 0.25) is 0 Å². The van der Waals surface area contributed by atoms with Crippen LogP contribution < -0.4 is 10.2 Å². The van der Waals surface area contributed by atoms with E-state index in [9.17, 15) is 19.2 Å². The predicted octanol–water partition coefficient (Wildman–Crippen LogP) is 3.33. The molecule has 3 amide bonds. The van der Waals surface area contributed by atoms with Crippen molar-refractivity contribution in [2.45, 2.75) is 26.2 Å². The van der Waals surface area contributed by atoms with Gasteiger partial charge in [-0.05, 0) is 73.9 Å². The van der Waals surface area contributed by atoms with E-state index in [1.54, 1.807) is 18.2 Å². The van der Waals surface area contributed by atoms with E-state index in [-0.39, 0.29) is 29.2 Å². The van der Waals surface area contributed by atoms with Crippen molar-refractivity contribution in [3.63, 3.8) is 0 Å². The number of ether oxygens (including phenoxy) is 1. The standard InChI is InChI=1S/C25H24N2O5/c1-14-4-2-3-5-19(14)26-20(28)13-32-25(31)15-8-10-18(11-9-15)27-23(29)21-16-6-7-17(12-16)22(21)24(27)30/h2-5,8-11,16-17,21-22H,6-7,12-13H2,1H3,(H,26,28)/t16-,17-,21+,22+/m0/s1. The van der Waals surface area contributed by atoms with Crippen LogP contribution in [0.4, 0.5) is 11.4 Å². The fourth-order valence-electron chi connectivity index (χ4n) is 5.52. The molecule has 1 aliphatic heterocycles. The number of nitrogens with one attached hydrogen (secondary N) is 1. The van der Waals surface area contributed by atoms with E-state index in [4.69, 9.17) is 4.74 Å². The lowest BCUT2D eigenvalue weighted by Gasteiger charge is -2.19. The minimum atomic E-state index is -0.648. The minimum Gasteiger partial charge on any atom is -0.452 e. The number of hydrogen-bond acceptors (Lipinski definition) is 5. The maximum atomic E-state index is 12.9. The number of nitrogens with zero attached hydrogens (tertiary/aromatic N) is 1. The Kier molecular flexibility index (Phi) is 5.04. The van der Waals surface area contributed by atoms with E-state index in [1.165, 1.54) is 17.0 Å². The van der Waals surface area contributed by atoms with Gasteiger partial charge < -0.3 is 10.1 Å². The SMILES string of the molecule is Cc1ccccc1NC(=O)COC(=O)c1ccc(N2C(=O)[C@@H]3[C@H]4CC[C@@H](C4)[C@H]3C2=O)cc1. The first-order valence-electron chi connectivity index (χ1n) is 10.9. The summed E-state index contributed by atoms with van der Waals surface area (Å²) in [5, 5.41) is 2.71. The maximum absolute atomic E-state index is 12.9. The smallest absolute Gasteiger partial charge is 0.338 e. The number of benzene rings is 2. The van der Waals surface area contributed by atoms with Crippen LogP contribution in [0.5, 0.6) is 0 Å². The Morgan fingerprint density at radius 2 is 1.59 bits per heavy atom. The van der Waals surface area contributed by atoms with Gasteiger partial charge in [-0.1, -0.05) is 18.2 Å². The van der Waals surface area contributed by atoms with Crippen LogP contribution in [-0.2, 0) is 19.1 Å². The summed E-state index contributed by atoms with van der Waals surface area (Å²) >= 11 is 0. The number of carbonyl (C=O) groups is 4. The van der Waals surface area contributed by atoms with Crippen LogP contribution in [-0.4, -0.2) is 30.3 Å². The van der Waals surface area contributed by atoms with Gasteiger partial charge in [0.15, 0.2) is 6.61 Å². The normalized spacial score (nSPS) is 25.7. The third-order valence-corrected chi connectivity index (χ3v) is 7.04. The van der Waals surface area contributed by atoms with E-state index < -0.39 is 18.5 Å². The molecule has 2 bridgehead atoms. The zero-order valence-electron chi connectivity index (χ0n) is 17.7. The largest absolute Gasteiger partial charge is 0.452 e. The molecule has 2 saturated carbocycles. The number of para-hydroxylation sites is 1. The van der Waals surface area contributed by atoms with E-state index in [2.05, 4.69) is 5.32 Å². The molecule has 164 valence electrons. The second-order valence-electron chi connectivity index (χ2n) is 8.88. The summed E-state index contributed by atoms with van der Waals surface area (Å²) in [4.78, 5) is 51.6. The Hall–Kier alpha value is -3.48. The number of rotatable bonds is 5. The summed E-state index contributed by atoms with van der Waals surface area (Å²) in [6.07, 6.45) is 3.05. The topological polar surface area (TPSA) is 92.8 Å².